The van der Waals surface area contributed by atoms with Crippen LogP contribution in [-0.2, 0) is 11.3 Å². The minimum absolute atomic E-state index is 0.198. The van der Waals surface area contributed by atoms with Crippen molar-refractivity contribution in [2.24, 2.45) is 0 Å². The molecule has 2 N–H and O–H groups in total. The molecule has 0 atom stereocenters. The van der Waals surface area contributed by atoms with E-state index >= 15 is 0 Å². The van der Waals surface area contributed by atoms with E-state index in [9.17, 15) is 14.0 Å². The molecule has 0 bridgehead atoms. The Balaban J connectivity index is 1.77. The Hall–Kier alpha value is -3.68. The number of anilines is 3. The van der Waals surface area contributed by atoms with E-state index < -0.39 is 0 Å². The van der Waals surface area contributed by atoms with E-state index in [0.29, 0.717) is 29.4 Å². The topological polar surface area (TPSA) is 85.2 Å². The zero-order valence-corrected chi connectivity index (χ0v) is 16.1. The average molecular weight is 396 g/mol. The molecule has 0 aliphatic rings. The van der Waals surface area contributed by atoms with Gasteiger partial charge in [0.2, 0.25) is 11.9 Å². The van der Waals surface area contributed by atoms with Crippen LogP contribution in [-0.4, -0.2) is 22.1 Å². The maximum absolute atomic E-state index is 13.1. The van der Waals surface area contributed by atoms with Crippen LogP contribution >= 0.6 is 0 Å². The Kier molecular flexibility index (Phi) is 6.23. The summed E-state index contributed by atoms with van der Waals surface area (Å²) >= 11 is 0. The van der Waals surface area contributed by atoms with Crippen molar-refractivity contribution in [3.05, 3.63) is 76.5 Å². The summed E-state index contributed by atoms with van der Waals surface area (Å²) in [5.41, 5.74) is 1.26. The van der Waals surface area contributed by atoms with E-state index in [-0.39, 0.29) is 29.8 Å². The summed E-state index contributed by atoms with van der Waals surface area (Å²) in [7, 11) is 0. The van der Waals surface area contributed by atoms with E-state index in [2.05, 4.69) is 15.6 Å². The van der Waals surface area contributed by atoms with Gasteiger partial charge in [-0.2, -0.15) is 0 Å². The molecule has 0 unspecified atom stereocenters. The van der Waals surface area contributed by atoms with Crippen LogP contribution in [0.4, 0.5) is 21.7 Å². The minimum atomic E-state index is -0.385. The zero-order valence-electron chi connectivity index (χ0n) is 16.1. The highest BCUT2D eigenvalue weighted by atomic mass is 19.1. The zero-order chi connectivity index (χ0) is 20.8. The third-order valence-corrected chi connectivity index (χ3v) is 3.99. The maximum atomic E-state index is 13.1. The number of amides is 1. The number of halogens is 1. The second-order valence-corrected chi connectivity index (χ2v) is 6.28. The van der Waals surface area contributed by atoms with E-state index in [4.69, 9.17) is 4.74 Å². The summed E-state index contributed by atoms with van der Waals surface area (Å²) in [6.07, 6.45) is 0. The van der Waals surface area contributed by atoms with Gasteiger partial charge in [0.15, 0.2) is 0 Å². The minimum Gasteiger partial charge on any atom is -0.494 e. The standard InChI is InChI=1S/C21H21FN4O3/c1-3-29-18-10-8-16(9-11-18)24-19(27)13-26-20(28)12-14(2)23-21(26)25-17-6-4-15(22)5-7-17/h4-12H,3,13H2,1-2H3,(H,23,25)(H,24,27). The maximum Gasteiger partial charge on any atom is 0.255 e. The number of benzene rings is 2. The fourth-order valence-electron chi connectivity index (χ4n) is 2.68. The van der Waals surface area contributed by atoms with Crippen LogP contribution in [0.25, 0.3) is 0 Å². The first kappa shape index (κ1) is 20.1. The van der Waals surface area contributed by atoms with Crippen LogP contribution in [0, 0.1) is 12.7 Å². The smallest absolute Gasteiger partial charge is 0.255 e. The summed E-state index contributed by atoms with van der Waals surface area (Å²) in [4.78, 5) is 29.2. The van der Waals surface area contributed by atoms with Crippen molar-refractivity contribution in [3.63, 3.8) is 0 Å². The first-order chi connectivity index (χ1) is 13.9. The number of nitrogens with one attached hydrogen (secondary N) is 2. The Bertz CT molecular complexity index is 1050. The van der Waals surface area contributed by atoms with Crippen LogP contribution in [0.3, 0.4) is 0 Å². The number of carbonyl (C=O) groups excluding carboxylic acids is 1. The largest absolute Gasteiger partial charge is 0.494 e. The fraction of sp³-hybridized carbons (Fsp3) is 0.190. The fourth-order valence-corrected chi connectivity index (χ4v) is 2.68. The predicted molar refractivity (Wildman–Crippen MR) is 109 cm³/mol. The van der Waals surface area contributed by atoms with Gasteiger partial charge < -0.3 is 15.4 Å². The lowest BCUT2D eigenvalue weighted by Crippen LogP contribution is -2.30. The van der Waals surface area contributed by atoms with E-state index in [1.54, 1.807) is 31.2 Å². The molecule has 1 amide bonds. The third kappa shape index (κ3) is 5.41. The molecule has 3 aromatic rings. The van der Waals surface area contributed by atoms with Crippen molar-refractivity contribution in [1.82, 2.24) is 9.55 Å². The van der Waals surface area contributed by atoms with Crippen LogP contribution in [0.2, 0.25) is 0 Å². The van der Waals surface area contributed by atoms with Gasteiger partial charge in [-0.3, -0.25) is 14.2 Å². The molecule has 0 spiro atoms. The van der Waals surface area contributed by atoms with Crippen molar-refractivity contribution < 1.29 is 13.9 Å². The number of aromatic nitrogens is 2. The van der Waals surface area contributed by atoms with Crippen molar-refractivity contribution in [2.75, 3.05) is 17.2 Å². The summed E-state index contributed by atoms with van der Waals surface area (Å²) < 4.78 is 19.7. The van der Waals surface area contributed by atoms with E-state index in [1.807, 2.05) is 6.92 Å². The van der Waals surface area contributed by atoms with Crippen molar-refractivity contribution >= 4 is 23.2 Å². The van der Waals surface area contributed by atoms with Gasteiger partial charge in [-0.15, -0.1) is 0 Å². The molecule has 29 heavy (non-hydrogen) atoms. The first-order valence-electron chi connectivity index (χ1n) is 9.08. The molecule has 3 rings (SSSR count). The molecule has 0 saturated heterocycles. The molecular weight excluding hydrogens is 375 g/mol. The number of ether oxygens (including phenoxy) is 1. The number of carbonyl (C=O) groups is 1. The van der Waals surface area contributed by atoms with E-state index in [0.717, 1.165) is 0 Å². The lowest BCUT2D eigenvalue weighted by molar-refractivity contribution is -0.116. The van der Waals surface area contributed by atoms with Crippen LogP contribution < -0.4 is 20.9 Å². The highest BCUT2D eigenvalue weighted by Gasteiger charge is 2.12. The van der Waals surface area contributed by atoms with Crippen molar-refractivity contribution in [2.45, 2.75) is 20.4 Å². The summed E-state index contributed by atoms with van der Waals surface area (Å²) in [6.45, 7) is 3.89. The van der Waals surface area contributed by atoms with Crippen LogP contribution in [0.15, 0.2) is 59.4 Å². The first-order valence-corrected chi connectivity index (χ1v) is 9.08. The Morgan fingerprint density at radius 3 is 2.41 bits per heavy atom. The van der Waals surface area contributed by atoms with Gasteiger partial charge in [0.1, 0.15) is 18.1 Å². The summed E-state index contributed by atoms with van der Waals surface area (Å²) in [6, 6.07) is 13.9. The molecule has 0 aliphatic heterocycles. The lowest BCUT2D eigenvalue weighted by Gasteiger charge is -2.14. The van der Waals surface area contributed by atoms with Gasteiger partial charge in [-0.25, -0.2) is 9.37 Å². The molecule has 7 nitrogen and oxygen atoms in total. The molecule has 150 valence electrons. The second kappa shape index (κ2) is 9.01. The molecule has 1 heterocycles. The molecule has 0 radical (unpaired) electrons. The van der Waals surface area contributed by atoms with Crippen LogP contribution in [0.1, 0.15) is 12.6 Å². The normalized spacial score (nSPS) is 10.4. The molecule has 0 saturated carbocycles. The monoisotopic (exact) mass is 396 g/mol. The molecule has 0 fully saturated rings. The predicted octanol–water partition coefficient (Wildman–Crippen LogP) is 3.47. The number of hydrogen-bond acceptors (Lipinski definition) is 5. The SMILES string of the molecule is CCOc1ccc(NC(=O)Cn2c(Nc3ccc(F)cc3)nc(C)cc2=O)cc1. The molecule has 8 heteroatoms. The second-order valence-electron chi connectivity index (χ2n) is 6.28. The number of nitrogens with zero attached hydrogens (tertiary/aromatic N) is 2. The van der Waals surface area contributed by atoms with Gasteiger partial charge in [0.25, 0.3) is 5.56 Å². The van der Waals surface area contributed by atoms with Crippen LogP contribution in [0.5, 0.6) is 5.75 Å². The average Bonchev–Trinajstić information content (AvgIpc) is 2.68. The summed E-state index contributed by atoms with van der Waals surface area (Å²) in [5, 5.41) is 5.70. The highest BCUT2D eigenvalue weighted by molar-refractivity contribution is 5.90. The quantitative estimate of drug-likeness (QED) is 0.639. The Morgan fingerprint density at radius 2 is 1.76 bits per heavy atom. The Labute approximate surface area is 167 Å². The van der Waals surface area contributed by atoms with Crippen molar-refractivity contribution in [1.29, 1.82) is 0 Å². The van der Waals surface area contributed by atoms with Gasteiger partial charge >= 0.3 is 0 Å². The van der Waals surface area contributed by atoms with Gasteiger partial charge in [-0.05, 0) is 62.4 Å². The molecule has 2 aromatic carbocycles. The van der Waals surface area contributed by atoms with Crippen molar-refractivity contribution in [3.8, 4) is 5.75 Å². The van der Waals surface area contributed by atoms with Gasteiger partial charge in [0.05, 0.1) is 6.61 Å². The number of rotatable bonds is 7. The number of hydrogen-bond donors (Lipinski definition) is 2. The molecular formula is C21H21FN4O3. The summed E-state index contributed by atoms with van der Waals surface area (Å²) in [5.74, 6) is 0.141. The third-order valence-electron chi connectivity index (χ3n) is 3.99. The molecule has 1 aromatic heterocycles. The Morgan fingerprint density at radius 1 is 1.10 bits per heavy atom. The lowest BCUT2D eigenvalue weighted by atomic mass is 10.3. The van der Waals surface area contributed by atoms with Gasteiger partial charge in [0, 0.05) is 23.1 Å². The molecule has 0 aliphatic carbocycles. The van der Waals surface area contributed by atoms with E-state index in [1.165, 1.54) is 34.9 Å². The number of aryl methyl sites for hydroxylation is 1. The van der Waals surface area contributed by atoms with Gasteiger partial charge in [-0.1, -0.05) is 0 Å². The highest BCUT2D eigenvalue weighted by Crippen LogP contribution is 2.17.